The molecule has 178 valence electrons. The molecule has 2 amide bonds. The third-order valence-corrected chi connectivity index (χ3v) is 8.29. The van der Waals surface area contributed by atoms with Crippen molar-refractivity contribution in [1.82, 2.24) is 9.62 Å². The molecule has 0 saturated carbocycles. The van der Waals surface area contributed by atoms with Crippen LogP contribution in [0.25, 0.3) is 0 Å². The molecule has 0 aromatic heterocycles. The fraction of sp³-hybridized carbons (Fsp3) is 0.440. The molecule has 1 aliphatic rings. The van der Waals surface area contributed by atoms with E-state index < -0.39 is 21.8 Å². The van der Waals surface area contributed by atoms with Crippen LogP contribution in [-0.4, -0.2) is 43.7 Å². The predicted octanol–water partition coefficient (Wildman–Crippen LogP) is 3.61. The molecule has 2 N–H and O–H groups in total. The summed E-state index contributed by atoms with van der Waals surface area (Å²) >= 11 is 0. The van der Waals surface area contributed by atoms with Crippen LogP contribution in [0.1, 0.15) is 47.9 Å². The van der Waals surface area contributed by atoms with E-state index in [1.807, 2.05) is 51.1 Å². The zero-order chi connectivity index (χ0) is 24.2. The van der Waals surface area contributed by atoms with E-state index in [2.05, 4.69) is 10.6 Å². The molecular weight excluding hydrogens is 438 g/mol. The molecule has 0 aliphatic carbocycles. The van der Waals surface area contributed by atoms with Crippen molar-refractivity contribution in [2.24, 2.45) is 0 Å². The minimum Gasteiger partial charge on any atom is -0.348 e. The summed E-state index contributed by atoms with van der Waals surface area (Å²) in [6.45, 7) is 8.11. The lowest BCUT2D eigenvalue weighted by Gasteiger charge is -2.35. The number of sulfonamides is 1. The van der Waals surface area contributed by atoms with Crippen LogP contribution in [0.3, 0.4) is 0 Å². The summed E-state index contributed by atoms with van der Waals surface area (Å²) in [6.07, 6.45) is 2.93. The lowest BCUT2D eigenvalue weighted by molar-refractivity contribution is -0.136. The number of amides is 2. The van der Waals surface area contributed by atoms with Crippen LogP contribution in [0.5, 0.6) is 0 Å². The van der Waals surface area contributed by atoms with Crippen LogP contribution in [0.2, 0.25) is 0 Å². The summed E-state index contributed by atoms with van der Waals surface area (Å²) in [5.74, 6) is -1.45. The molecule has 1 fully saturated rings. The van der Waals surface area contributed by atoms with Gasteiger partial charge in [0.25, 0.3) is 0 Å². The normalized spacial score (nSPS) is 16.9. The monoisotopic (exact) mass is 471 g/mol. The SMILES string of the molecule is Cc1ccc(C)c(S(=O)(=O)N2CCCC[C@H]2CCNC(=O)C(=O)Nc2c(C)cccc2C)c1. The Balaban J connectivity index is 1.63. The fourth-order valence-corrected chi connectivity index (χ4v) is 6.34. The molecule has 1 saturated heterocycles. The van der Waals surface area contributed by atoms with Crippen molar-refractivity contribution in [2.45, 2.75) is 64.3 Å². The topological polar surface area (TPSA) is 95.6 Å². The quantitative estimate of drug-likeness (QED) is 0.629. The third-order valence-electron chi connectivity index (χ3n) is 6.19. The van der Waals surface area contributed by atoms with Gasteiger partial charge in [-0.15, -0.1) is 0 Å². The molecular formula is C25H33N3O4S. The first-order chi connectivity index (χ1) is 15.6. The average molecular weight is 472 g/mol. The standard InChI is InChI=1S/C25H33N3O4S/c1-17-11-12-18(2)22(16-17)33(31,32)28-15-6-5-10-21(28)13-14-26-24(29)25(30)27-23-19(3)8-7-9-20(23)4/h7-9,11-12,16,21H,5-6,10,13-15H2,1-4H3,(H,26,29)(H,27,30)/t21-/m0/s1. The maximum absolute atomic E-state index is 13.4. The molecule has 1 heterocycles. The lowest BCUT2D eigenvalue weighted by Crippen LogP contribution is -2.46. The van der Waals surface area contributed by atoms with E-state index >= 15 is 0 Å². The van der Waals surface area contributed by atoms with Crippen molar-refractivity contribution in [2.75, 3.05) is 18.4 Å². The van der Waals surface area contributed by atoms with Gasteiger partial charge in [0.05, 0.1) is 4.90 Å². The number of piperidine rings is 1. The Kier molecular flexibility index (Phi) is 7.92. The summed E-state index contributed by atoms with van der Waals surface area (Å²) in [7, 11) is -3.64. The zero-order valence-electron chi connectivity index (χ0n) is 19.8. The largest absolute Gasteiger partial charge is 0.348 e. The highest BCUT2D eigenvalue weighted by Crippen LogP contribution is 2.29. The molecule has 2 aromatic carbocycles. The van der Waals surface area contributed by atoms with Crippen molar-refractivity contribution in [3.05, 3.63) is 58.7 Å². The van der Waals surface area contributed by atoms with Gasteiger partial charge in [0, 0.05) is 24.8 Å². The molecule has 1 atom stereocenters. The van der Waals surface area contributed by atoms with E-state index in [0.717, 1.165) is 41.5 Å². The Morgan fingerprint density at radius 3 is 2.36 bits per heavy atom. The number of nitrogens with one attached hydrogen (secondary N) is 2. The van der Waals surface area contributed by atoms with Crippen molar-refractivity contribution in [1.29, 1.82) is 0 Å². The number of carbonyl (C=O) groups excluding carboxylic acids is 2. The van der Waals surface area contributed by atoms with E-state index in [1.165, 1.54) is 0 Å². The molecule has 33 heavy (non-hydrogen) atoms. The van der Waals surface area contributed by atoms with Crippen LogP contribution < -0.4 is 10.6 Å². The van der Waals surface area contributed by atoms with Crippen molar-refractivity contribution in [3.63, 3.8) is 0 Å². The summed E-state index contributed by atoms with van der Waals surface area (Å²) in [6, 6.07) is 10.9. The molecule has 1 aliphatic heterocycles. The van der Waals surface area contributed by atoms with Gasteiger partial charge in [-0.25, -0.2) is 8.42 Å². The molecule has 0 spiro atoms. The van der Waals surface area contributed by atoms with Gasteiger partial charge < -0.3 is 10.6 Å². The molecule has 7 nitrogen and oxygen atoms in total. The van der Waals surface area contributed by atoms with Crippen molar-refractivity contribution >= 4 is 27.5 Å². The summed E-state index contributed by atoms with van der Waals surface area (Å²) in [4.78, 5) is 25.0. The molecule has 0 unspecified atom stereocenters. The van der Waals surface area contributed by atoms with Crippen molar-refractivity contribution < 1.29 is 18.0 Å². The fourth-order valence-electron chi connectivity index (χ4n) is 4.30. The minimum absolute atomic E-state index is 0.217. The van der Waals surface area contributed by atoms with Crippen LogP contribution >= 0.6 is 0 Å². The Hall–Kier alpha value is -2.71. The smallest absolute Gasteiger partial charge is 0.313 e. The maximum Gasteiger partial charge on any atom is 0.313 e. The van der Waals surface area contributed by atoms with Gasteiger partial charge in [0.1, 0.15) is 0 Å². The molecule has 8 heteroatoms. The number of para-hydroxylation sites is 1. The van der Waals surface area contributed by atoms with Gasteiger partial charge in [-0.05, 0) is 75.3 Å². The number of anilines is 1. The highest BCUT2D eigenvalue weighted by Gasteiger charge is 2.34. The van der Waals surface area contributed by atoms with Gasteiger partial charge in [-0.3, -0.25) is 9.59 Å². The number of hydrogen-bond acceptors (Lipinski definition) is 4. The Morgan fingerprint density at radius 1 is 0.970 bits per heavy atom. The third kappa shape index (κ3) is 5.81. The van der Waals surface area contributed by atoms with E-state index in [-0.39, 0.29) is 12.6 Å². The Labute approximate surface area is 196 Å². The Morgan fingerprint density at radius 2 is 1.67 bits per heavy atom. The van der Waals surface area contributed by atoms with Gasteiger partial charge in [0.15, 0.2) is 0 Å². The lowest BCUT2D eigenvalue weighted by atomic mass is 10.0. The maximum atomic E-state index is 13.4. The van der Waals surface area contributed by atoms with E-state index in [1.54, 1.807) is 17.3 Å². The van der Waals surface area contributed by atoms with Gasteiger partial charge in [0.2, 0.25) is 10.0 Å². The highest BCUT2D eigenvalue weighted by molar-refractivity contribution is 7.89. The number of aryl methyl sites for hydroxylation is 4. The zero-order valence-corrected chi connectivity index (χ0v) is 20.6. The number of nitrogens with zero attached hydrogens (tertiary/aromatic N) is 1. The van der Waals surface area contributed by atoms with Gasteiger partial charge in [-0.1, -0.05) is 36.8 Å². The second kappa shape index (κ2) is 10.5. The number of carbonyl (C=O) groups is 2. The van der Waals surface area contributed by atoms with Crippen LogP contribution in [0, 0.1) is 27.7 Å². The molecule has 0 radical (unpaired) electrons. The van der Waals surface area contributed by atoms with Gasteiger partial charge >= 0.3 is 11.8 Å². The van der Waals surface area contributed by atoms with E-state index in [0.29, 0.717) is 23.5 Å². The molecule has 3 rings (SSSR count). The Bertz CT molecular complexity index is 1120. The second-order valence-corrected chi connectivity index (χ2v) is 10.7. The van der Waals surface area contributed by atoms with Crippen LogP contribution in [0.15, 0.2) is 41.3 Å². The second-order valence-electron chi connectivity index (χ2n) is 8.80. The molecule has 0 bridgehead atoms. The highest BCUT2D eigenvalue weighted by atomic mass is 32.2. The first-order valence-corrected chi connectivity index (χ1v) is 12.8. The number of rotatable bonds is 6. The first kappa shape index (κ1) is 24.9. The predicted molar refractivity (Wildman–Crippen MR) is 130 cm³/mol. The minimum atomic E-state index is -3.64. The summed E-state index contributed by atoms with van der Waals surface area (Å²) in [5, 5.41) is 5.32. The van der Waals surface area contributed by atoms with Gasteiger partial charge in [-0.2, -0.15) is 4.31 Å². The van der Waals surface area contributed by atoms with E-state index in [9.17, 15) is 18.0 Å². The van der Waals surface area contributed by atoms with Crippen LogP contribution in [0.4, 0.5) is 5.69 Å². The van der Waals surface area contributed by atoms with E-state index in [4.69, 9.17) is 0 Å². The van der Waals surface area contributed by atoms with Crippen LogP contribution in [-0.2, 0) is 19.6 Å². The average Bonchev–Trinajstić information content (AvgIpc) is 2.78. The number of hydrogen-bond donors (Lipinski definition) is 2. The summed E-state index contributed by atoms with van der Waals surface area (Å²) < 4.78 is 28.4. The van der Waals surface area contributed by atoms with Crippen molar-refractivity contribution in [3.8, 4) is 0 Å². The first-order valence-electron chi connectivity index (χ1n) is 11.4. The number of benzene rings is 2. The molecule has 2 aromatic rings. The summed E-state index contributed by atoms with van der Waals surface area (Å²) in [5.41, 5.74) is 4.02.